The van der Waals surface area contributed by atoms with Gasteiger partial charge in [-0.1, -0.05) is 0 Å². The Kier molecular flexibility index (Phi) is 5.98. The standard InChI is InChI=1S/C8H13.3CH3.Sn/c1-4-6-8(3)7-5-2;;;;/h4,6H,1,3,5,7H2,2H3;3*1H3;/b8-6-;;;;. The zero-order chi connectivity index (χ0) is 9.61. The molecule has 0 saturated carbocycles. The van der Waals surface area contributed by atoms with Crippen LogP contribution in [0.25, 0.3) is 0 Å². The van der Waals surface area contributed by atoms with Gasteiger partial charge in [0.15, 0.2) is 0 Å². The third kappa shape index (κ3) is 6.96. The van der Waals surface area contributed by atoms with Crippen molar-refractivity contribution in [3.63, 3.8) is 0 Å². The summed E-state index contributed by atoms with van der Waals surface area (Å²) in [5, 5.41) is 0. The molecule has 0 atom stereocenters. The number of hydrogen-bond acceptors (Lipinski definition) is 0. The molecule has 0 bridgehead atoms. The van der Waals surface area contributed by atoms with Crippen molar-refractivity contribution < 1.29 is 0 Å². The Morgan fingerprint density at radius 3 is 2.25 bits per heavy atom. The summed E-state index contributed by atoms with van der Waals surface area (Å²) in [6, 6.07) is 0. The van der Waals surface area contributed by atoms with E-state index in [9.17, 15) is 0 Å². The average Bonchev–Trinajstić information content (AvgIpc) is 1.84. The quantitative estimate of drug-likeness (QED) is 0.519. The van der Waals surface area contributed by atoms with Gasteiger partial charge in [0.2, 0.25) is 0 Å². The van der Waals surface area contributed by atoms with E-state index in [4.69, 9.17) is 0 Å². The topological polar surface area (TPSA) is 0 Å². The van der Waals surface area contributed by atoms with Gasteiger partial charge in [0.05, 0.1) is 0 Å². The van der Waals surface area contributed by atoms with E-state index in [0.717, 1.165) is 0 Å². The molecule has 12 heavy (non-hydrogen) atoms. The molecule has 0 amide bonds. The maximum absolute atomic E-state index is 3.76. The SMILES string of the molecule is C=C/C=C(\CCC)[CH2][Sn]([CH3])([CH3])[CH3]. The molecule has 0 aliphatic carbocycles. The van der Waals surface area contributed by atoms with Crippen LogP contribution in [-0.4, -0.2) is 18.4 Å². The van der Waals surface area contributed by atoms with Gasteiger partial charge in [-0.2, -0.15) is 0 Å². The van der Waals surface area contributed by atoms with Gasteiger partial charge >= 0.3 is 81.7 Å². The van der Waals surface area contributed by atoms with Crippen LogP contribution in [-0.2, 0) is 0 Å². The van der Waals surface area contributed by atoms with Gasteiger partial charge < -0.3 is 0 Å². The number of allylic oxidation sites excluding steroid dienone is 3. The zero-order valence-corrected chi connectivity index (χ0v) is 11.8. The first-order valence-electron chi connectivity index (χ1n) is 4.80. The second-order valence-electron chi connectivity index (χ2n) is 4.55. The van der Waals surface area contributed by atoms with Crippen LogP contribution in [0.5, 0.6) is 0 Å². The van der Waals surface area contributed by atoms with Gasteiger partial charge in [-0.15, -0.1) is 0 Å². The molecule has 0 fully saturated rings. The van der Waals surface area contributed by atoms with Crippen molar-refractivity contribution in [3.05, 3.63) is 24.3 Å². The van der Waals surface area contributed by atoms with Crippen LogP contribution in [0.1, 0.15) is 19.8 Å². The zero-order valence-electron chi connectivity index (χ0n) is 8.98. The molecule has 0 nitrogen and oxygen atoms in total. The third-order valence-corrected chi connectivity index (χ3v) is 6.01. The summed E-state index contributed by atoms with van der Waals surface area (Å²) in [6.45, 7) is 6.00. The predicted molar refractivity (Wildman–Crippen MR) is 61.3 cm³/mol. The summed E-state index contributed by atoms with van der Waals surface area (Å²) in [5.74, 6) is 0. The molecule has 70 valence electrons. The Labute approximate surface area is 81.6 Å². The summed E-state index contributed by atoms with van der Waals surface area (Å²) in [7, 11) is 0. The van der Waals surface area contributed by atoms with E-state index in [1.54, 1.807) is 5.57 Å². The summed E-state index contributed by atoms with van der Waals surface area (Å²) >= 11 is -1.59. The summed E-state index contributed by atoms with van der Waals surface area (Å²) in [5.41, 5.74) is 1.62. The van der Waals surface area contributed by atoms with Crippen molar-refractivity contribution in [1.82, 2.24) is 0 Å². The van der Waals surface area contributed by atoms with Crippen LogP contribution in [0.3, 0.4) is 0 Å². The fourth-order valence-corrected chi connectivity index (χ4v) is 6.13. The van der Waals surface area contributed by atoms with Gasteiger partial charge in [-0.3, -0.25) is 0 Å². The normalized spacial score (nSPS) is 13.2. The molecule has 0 aromatic heterocycles. The Hall–Kier alpha value is 0.279. The Balaban J connectivity index is 4.14. The average molecular weight is 273 g/mol. The van der Waals surface area contributed by atoms with E-state index < -0.39 is 18.4 Å². The minimum atomic E-state index is -1.59. The van der Waals surface area contributed by atoms with E-state index in [0.29, 0.717) is 0 Å². The molecule has 0 N–H and O–H groups in total. The van der Waals surface area contributed by atoms with E-state index in [1.807, 2.05) is 6.08 Å². The molecule has 0 aliphatic heterocycles. The summed E-state index contributed by atoms with van der Waals surface area (Å²) in [4.78, 5) is 7.46. The van der Waals surface area contributed by atoms with Crippen LogP contribution in [0.2, 0.25) is 19.3 Å². The number of rotatable bonds is 5. The third-order valence-electron chi connectivity index (χ3n) is 1.68. The monoisotopic (exact) mass is 274 g/mol. The molecule has 0 heterocycles. The first kappa shape index (κ1) is 12.3. The first-order valence-corrected chi connectivity index (χ1v) is 15.4. The first-order chi connectivity index (χ1) is 5.49. The van der Waals surface area contributed by atoms with Gasteiger partial charge in [0, 0.05) is 0 Å². The molecule has 0 saturated heterocycles. The molecule has 0 aromatic carbocycles. The van der Waals surface area contributed by atoms with Crippen molar-refractivity contribution in [3.8, 4) is 0 Å². The minimum absolute atomic E-state index is 1.26. The molecule has 0 spiro atoms. The van der Waals surface area contributed by atoms with Crippen LogP contribution in [0.4, 0.5) is 0 Å². The maximum atomic E-state index is 3.76. The summed E-state index contributed by atoms with van der Waals surface area (Å²) < 4.78 is 1.40. The van der Waals surface area contributed by atoms with E-state index in [1.165, 1.54) is 17.3 Å². The van der Waals surface area contributed by atoms with Crippen molar-refractivity contribution in [2.45, 2.75) is 39.0 Å². The molecular weight excluding hydrogens is 251 g/mol. The van der Waals surface area contributed by atoms with Crippen LogP contribution >= 0.6 is 0 Å². The molecule has 0 unspecified atom stereocenters. The van der Waals surface area contributed by atoms with Gasteiger partial charge in [-0.05, 0) is 0 Å². The Morgan fingerprint density at radius 2 is 1.92 bits per heavy atom. The van der Waals surface area contributed by atoms with E-state index in [2.05, 4.69) is 34.4 Å². The predicted octanol–water partition coefficient (Wildman–Crippen LogP) is 4.24. The second kappa shape index (κ2) is 5.84. The van der Waals surface area contributed by atoms with Crippen LogP contribution in [0.15, 0.2) is 24.3 Å². The molecule has 0 aromatic rings. The van der Waals surface area contributed by atoms with Gasteiger partial charge in [-0.25, -0.2) is 0 Å². The Morgan fingerprint density at radius 1 is 1.33 bits per heavy atom. The van der Waals surface area contributed by atoms with Crippen molar-refractivity contribution in [2.75, 3.05) is 0 Å². The molecule has 0 rings (SSSR count). The molecule has 1 heteroatoms. The fraction of sp³-hybridized carbons (Fsp3) is 0.636. The van der Waals surface area contributed by atoms with Crippen LogP contribution in [0, 0.1) is 0 Å². The van der Waals surface area contributed by atoms with Crippen molar-refractivity contribution >= 4 is 18.4 Å². The molecular formula is C11H22Sn. The fourth-order valence-electron chi connectivity index (χ4n) is 1.40. The van der Waals surface area contributed by atoms with Crippen molar-refractivity contribution in [2.24, 2.45) is 0 Å². The van der Waals surface area contributed by atoms with E-state index in [-0.39, 0.29) is 0 Å². The van der Waals surface area contributed by atoms with E-state index >= 15 is 0 Å². The van der Waals surface area contributed by atoms with Gasteiger partial charge in [0.1, 0.15) is 0 Å². The Bertz CT molecular complexity index is 160. The molecule has 0 aliphatic rings. The van der Waals surface area contributed by atoms with Gasteiger partial charge in [0.25, 0.3) is 0 Å². The van der Waals surface area contributed by atoms with Crippen LogP contribution < -0.4 is 0 Å². The number of hydrogen-bond donors (Lipinski definition) is 0. The second-order valence-corrected chi connectivity index (χ2v) is 20.2. The van der Waals surface area contributed by atoms with Crippen molar-refractivity contribution in [1.29, 1.82) is 0 Å². The summed E-state index contributed by atoms with van der Waals surface area (Å²) in [6.07, 6.45) is 6.68. The molecule has 0 radical (unpaired) electrons.